The summed E-state index contributed by atoms with van der Waals surface area (Å²) in [6.07, 6.45) is 1.16. The molecule has 1 aromatic heterocycles. The Morgan fingerprint density at radius 2 is 1.77 bits per heavy atom. The molecule has 0 amide bonds. The molecule has 2 atom stereocenters. The Bertz CT molecular complexity index is 748. The molecule has 1 fully saturated rings. The van der Waals surface area contributed by atoms with Gasteiger partial charge in [0, 0.05) is 38.9 Å². The second kappa shape index (κ2) is 12.2. The van der Waals surface area contributed by atoms with Crippen molar-refractivity contribution in [3.63, 3.8) is 0 Å². The third-order valence-corrected chi connectivity index (χ3v) is 5.00. The van der Waals surface area contributed by atoms with Crippen molar-refractivity contribution < 1.29 is 19.3 Å². The van der Waals surface area contributed by atoms with Gasteiger partial charge in [-0.25, -0.2) is 4.98 Å². The van der Waals surface area contributed by atoms with E-state index in [0.717, 1.165) is 43.5 Å². The SMILES string of the molecule is Cl.Cl.OC(COCC1COc2ccccc2O1)CN1CCN(c2ccccn2)CC1. The van der Waals surface area contributed by atoms with Crippen LogP contribution in [0, 0.1) is 0 Å². The molecule has 1 N–H and O–H groups in total. The minimum absolute atomic E-state index is 0. The van der Waals surface area contributed by atoms with Gasteiger partial charge < -0.3 is 24.2 Å². The zero-order valence-electron chi connectivity index (χ0n) is 16.8. The number of nitrogens with zero attached hydrogens (tertiary/aromatic N) is 3. The number of aliphatic hydroxyl groups is 1. The molecular formula is C21H29Cl2N3O4. The molecule has 2 aliphatic rings. The smallest absolute Gasteiger partial charge is 0.161 e. The van der Waals surface area contributed by atoms with E-state index in [0.29, 0.717) is 26.4 Å². The lowest BCUT2D eigenvalue weighted by Crippen LogP contribution is -2.49. The standard InChI is InChI=1S/C21H27N3O4.2ClH/c25-17(13-23-9-11-24(12-10-23)21-7-3-4-8-22-21)14-26-15-18-16-27-19-5-1-2-6-20(19)28-18;;/h1-8,17-18,25H,9-16H2;2*1H. The number of β-amino-alcohol motifs (C(OH)–C–C–N with tert-alkyl or cyclic N) is 1. The van der Waals surface area contributed by atoms with E-state index in [1.165, 1.54) is 0 Å². The molecule has 0 radical (unpaired) electrons. The van der Waals surface area contributed by atoms with Crippen LogP contribution in [-0.4, -0.2) is 79.7 Å². The number of halogens is 2. The van der Waals surface area contributed by atoms with Crippen LogP contribution < -0.4 is 14.4 Å². The zero-order valence-corrected chi connectivity index (χ0v) is 18.4. The van der Waals surface area contributed by atoms with Gasteiger partial charge >= 0.3 is 0 Å². The van der Waals surface area contributed by atoms with Crippen LogP contribution in [0.25, 0.3) is 0 Å². The minimum atomic E-state index is -0.516. The van der Waals surface area contributed by atoms with Crippen molar-refractivity contribution in [3.05, 3.63) is 48.7 Å². The molecular weight excluding hydrogens is 429 g/mol. The lowest BCUT2D eigenvalue weighted by atomic mass is 10.2. The first-order chi connectivity index (χ1) is 13.8. The normalized spacial score (nSPS) is 19.4. The second-order valence-corrected chi connectivity index (χ2v) is 7.16. The maximum atomic E-state index is 10.3. The number of piperazine rings is 1. The van der Waals surface area contributed by atoms with Crippen molar-refractivity contribution in [2.75, 3.05) is 57.4 Å². The summed E-state index contributed by atoms with van der Waals surface area (Å²) < 4.78 is 17.2. The van der Waals surface area contributed by atoms with Crippen LogP contribution >= 0.6 is 24.8 Å². The van der Waals surface area contributed by atoms with E-state index in [4.69, 9.17) is 14.2 Å². The molecule has 0 spiro atoms. The molecule has 2 unspecified atom stereocenters. The van der Waals surface area contributed by atoms with Crippen molar-refractivity contribution in [2.45, 2.75) is 12.2 Å². The van der Waals surface area contributed by atoms with Gasteiger partial charge in [-0.15, -0.1) is 24.8 Å². The molecule has 2 aliphatic heterocycles. The number of aliphatic hydroxyl groups excluding tert-OH is 1. The molecule has 1 aromatic carbocycles. The Balaban J connectivity index is 0.00000160. The molecule has 0 bridgehead atoms. The third-order valence-electron chi connectivity index (χ3n) is 5.00. The van der Waals surface area contributed by atoms with Gasteiger partial charge in [-0.3, -0.25) is 4.90 Å². The topological polar surface area (TPSA) is 67.3 Å². The number of hydrogen-bond acceptors (Lipinski definition) is 7. The fourth-order valence-corrected chi connectivity index (χ4v) is 3.53. The van der Waals surface area contributed by atoms with Gasteiger partial charge in [0.1, 0.15) is 12.4 Å². The van der Waals surface area contributed by atoms with Crippen molar-refractivity contribution in [3.8, 4) is 11.5 Å². The average molecular weight is 458 g/mol. The van der Waals surface area contributed by atoms with E-state index in [1.807, 2.05) is 48.7 Å². The number of fused-ring (bicyclic) bond motifs is 1. The van der Waals surface area contributed by atoms with E-state index in [-0.39, 0.29) is 30.9 Å². The number of para-hydroxylation sites is 2. The summed E-state index contributed by atoms with van der Waals surface area (Å²) in [5.74, 6) is 2.53. The average Bonchev–Trinajstić information content (AvgIpc) is 2.75. The number of rotatable bonds is 7. The maximum absolute atomic E-state index is 10.3. The number of ether oxygens (including phenoxy) is 3. The molecule has 2 aromatic rings. The van der Waals surface area contributed by atoms with Crippen molar-refractivity contribution in [1.82, 2.24) is 9.88 Å². The van der Waals surface area contributed by atoms with Crippen molar-refractivity contribution in [1.29, 1.82) is 0 Å². The summed E-state index contributed by atoms with van der Waals surface area (Å²) in [5, 5.41) is 10.3. The fourth-order valence-electron chi connectivity index (χ4n) is 3.53. The summed E-state index contributed by atoms with van der Waals surface area (Å²) in [6, 6.07) is 13.6. The monoisotopic (exact) mass is 457 g/mol. The molecule has 0 saturated carbocycles. The summed E-state index contributed by atoms with van der Waals surface area (Å²) in [6.45, 7) is 5.41. The predicted molar refractivity (Wildman–Crippen MR) is 121 cm³/mol. The zero-order chi connectivity index (χ0) is 19.2. The van der Waals surface area contributed by atoms with Crippen LogP contribution in [0.1, 0.15) is 0 Å². The van der Waals surface area contributed by atoms with Crippen LogP contribution in [0.2, 0.25) is 0 Å². The fraction of sp³-hybridized carbons (Fsp3) is 0.476. The minimum Gasteiger partial charge on any atom is -0.486 e. The number of benzene rings is 1. The van der Waals surface area contributed by atoms with Crippen molar-refractivity contribution >= 4 is 30.6 Å². The van der Waals surface area contributed by atoms with Gasteiger partial charge in [0.2, 0.25) is 0 Å². The van der Waals surface area contributed by atoms with E-state index >= 15 is 0 Å². The van der Waals surface area contributed by atoms with Gasteiger partial charge in [0.05, 0.1) is 19.3 Å². The molecule has 30 heavy (non-hydrogen) atoms. The summed E-state index contributed by atoms with van der Waals surface area (Å²) in [5.41, 5.74) is 0. The van der Waals surface area contributed by atoms with Gasteiger partial charge in [-0.05, 0) is 24.3 Å². The molecule has 4 rings (SSSR count). The summed E-state index contributed by atoms with van der Waals surface area (Å²) in [4.78, 5) is 8.95. The highest BCUT2D eigenvalue weighted by atomic mass is 35.5. The number of aromatic nitrogens is 1. The Morgan fingerprint density at radius 3 is 2.50 bits per heavy atom. The molecule has 9 heteroatoms. The lowest BCUT2D eigenvalue weighted by molar-refractivity contribution is -0.0292. The van der Waals surface area contributed by atoms with Crippen molar-refractivity contribution in [2.24, 2.45) is 0 Å². The van der Waals surface area contributed by atoms with Crippen LogP contribution in [0.4, 0.5) is 5.82 Å². The lowest BCUT2D eigenvalue weighted by Gasteiger charge is -2.36. The predicted octanol–water partition coefficient (Wildman–Crippen LogP) is 2.26. The van der Waals surface area contributed by atoms with Crippen LogP contribution in [-0.2, 0) is 4.74 Å². The van der Waals surface area contributed by atoms with Crippen LogP contribution in [0.5, 0.6) is 11.5 Å². The molecule has 166 valence electrons. The molecule has 0 aliphatic carbocycles. The Kier molecular flexibility index (Phi) is 9.94. The number of hydrogen-bond donors (Lipinski definition) is 1. The summed E-state index contributed by atoms with van der Waals surface area (Å²) in [7, 11) is 0. The second-order valence-electron chi connectivity index (χ2n) is 7.16. The highest BCUT2D eigenvalue weighted by molar-refractivity contribution is 5.85. The van der Waals surface area contributed by atoms with Gasteiger partial charge in [-0.1, -0.05) is 18.2 Å². The van der Waals surface area contributed by atoms with Gasteiger partial charge in [0.25, 0.3) is 0 Å². The van der Waals surface area contributed by atoms with Gasteiger partial charge in [0.15, 0.2) is 17.6 Å². The highest BCUT2D eigenvalue weighted by Gasteiger charge is 2.22. The quantitative estimate of drug-likeness (QED) is 0.683. The maximum Gasteiger partial charge on any atom is 0.161 e. The molecule has 1 saturated heterocycles. The number of pyridine rings is 1. The van der Waals surface area contributed by atoms with E-state index in [2.05, 4.69) is 14.8 Å². The van der Waals surface area contributed by atoms with Gasteiger partial charge in [-0.2, -0.15) is 0 Å². The summed E-state index contributed by atoms with van der Waals surface area (Å²) >= 11 is 0. The van der Waals surface area contributed by atoms with Crippen LogP contribution in [0.15, 0.2) is 48.7 Å². The van der Waals surface area contributed by atoms with E-state index in [1.54, 1.807) is 0 Å². The number of anilines is 1. The first kappa shape index (κ1) is 24.5. The first-order valence-electron chi connectivity index (χ1n) is 9.80. The highest BCUT2D eigenvalue weighted by Crippen LogP contribution is 2.30. The Labute approximate surface area is 189 Å². The molecule has 7 nitrogen and oxygen atoms in total. The first-order valence-corrected chi connectivity index (χ1v) is 9.80. The van der Waals surface area contributed by atoms with E-state index < -0.39 is 6.10 Å². The van der Waals surface area contributed by atoms with Crippen LogP contribution in [0.3, 0.4) is 0 Å². The molecule has 3 heterocycles. The van der Waals surface area contributed by atoms with E-state index in [9.17, 15) is 5.11 Å². The third kappa shape index (κ3) is 6.62. The Hall–Kier alpha value is -1.77. The Morgan fingerprint density at radius 1 is 1.03 bits per heavy atom. The largest absolute Gasteiger partial charge is 0.486 e.